The number of ether oxygens (including phenoxy) is 4. The Kier molecular flexibility index (Phi) is 7.30. The summed E-state index contributed by atoms with van der Waals surface area (Å²) in [5.41, 5.74) is 3.51. The van der Waals surface area contributed by atoms with E-state index in [2.05, 4.69) is 21.2 Å². The first kappa shape index (κ1) is 26.3. The SMILES string of the molecule is CCOc1cc(/C=C2\C(=O)NC(=O)N(c3ccc(C)c(C)c3)C2=O)cc(Br)c1OCc1ccc2c(c1)OCO2. The summed E-state index contributed by atoms with van der Waals surface area (Å²) in [7, 11) is 0. The largest absolute Gasteiger partial charge is 0.490 e. The fourth-order valence-corrected chi connectivity index (χ4v) is 4.76. The number of imide groups is 2. The molecule has 3 aromatic carbocycles. The van der Waals surface area contributed by atoms with Gasteiger partial charge < -0.3 is 18.9 Å². The average molecular weight is 593 g/mol. The number of anilines is 1. The van der Waals surface area contributed by atoms with Gasteiger partial charge in [-0.15, -0.1) is 0 Å². The predicted molar refractivity (Wildman–Crippen MR) is 147 cm³/mol. The number of fused-ring (bicyclic) bond motifs is 1. The smallest absolute Gasteiger partial charge is 0.335 e. The Morgan fingerprint density at radius 1 is 0.974 bits per heavy atom. The molecule has 2 aliphatic rings. The molecule has 3 aromatic rings. The number of benzene rings is 3. The summed E-state index contributed by atoms with van der Waals surface area (Å²) in [6.07, 6.45) is 1.42. The Morgan fingerprint density at radius 2 is 1.77 bits per heavy atom. The predicted octanol–water partition coefficient (Wildman–Crippen LogP) is 5.44. The van der Waals surface area contributed by atoms with Crippen molar-refractivity contribution < 1.29 is 33.3 Å². The zero-order valence-corrected chi connectivity index (χ0v) is 23.1. The normalized spacial score (nSPS) is 15.5. The summed E-state index contributed by atoms with van der Waals surface area (Å²) < 4.78 is 23.2. The number of halogens is 1. The van der Waals surface area contributed by atoms with Gasteiger partial charge in [-0.2, -0.15) is 0 Å². The van der Waals surface area contributed by atoms with E-state index in [1.165, 1.54) is 6.08 Å². The Morgan fingerprint density at radius 3 is 2.54 bits per heavy atom. The molecule has 10 heteroatoms. The lowest BCUT2D eigenvalue weighted by Crippen LogP contribution is -2.54. The number of barbiturate groups is 1. The molecule has 5 rings (SSSR count). The highest BCUT2D eigenvalue weighted by Gasteiger charge is 2.37. The minimum absolute atomic E-state index is 0.184. The summed E-state index contributed by atoms with van der Waals surface area (Å²) >= 11 is 3.53. The van der Waals surface area contributed by atoms with Crippen LogP contribution >= 0.6 is 15.9 Å². The van der Waals surface area contributed by atoms with Crippen LogP contribution in [0.1, 0.15) is 29.2 Å². The number of urea groups is 1. The zero-order chi connectivity index (χ0) is 27.7. The van der Waals surface area contributed by atoms with Crippen molar-refractivity contribution in [1.82, 2.24) is 5.32 Å². The van der Waals surface area contributed by atoms with Gasteiger partial charge in [0.2, 0.25) is 6.79 Å². The van der Waals surface area contributed by atoms with E-state index in [1.54, 1.807) is 24.3 Å². The van der Waals surface area contributed by atoms with Crippen molar-refractivity contribution in [3.63, 3.8) is 0 Å². The first-order chi connectivity index (χ1) is 18.7. The lowest BCUT2D eigenvalue weighted by molar-refractivity contribution is -0.122. The van der Waals surface area contributed by atoms with Crippen LogP contribution in [-0.4, -0.2) is 31.2 Å². The number of amides is 4. The molecule has 9 nitrogen and oxygen atoms in total. The molecule has 1 N–H and O–H groups in total. The average Bonchev–Trinajstić information content (AvgIpc) is 3.36. The van der Waals surface area contributed by atoms with Gasteiger partial charge in [-0.3, -0.25) is 14.9 Å². The molecule has 1 saturated heterocycles. The molecule has 200 valence electrons. The monoisotopic (exact) mass is 592 g/mol. The molecule has 1 fully saturated rings. The number of aryl methyl sites for hydroxylation is 2. The maximum Gasteiger partial charge on any atom is 0.335 e. The quantitative estimate of drug-likeness (QED) is 0.288. The molecule has 0 aliphatic carbocycles. The Hall–Kier alpha value is -4.31. The van der Waals surface area contributed by atoms with Crippen molar-refractivity contribution in [2.75, 3.05) is 18.3 Å². The number of hydrogen-bond donors (Lipinski definition) is 1. The summed E-state index contributed by atoms with van der Waals surface area (Å²) in [4.78, 5) is 39.6. The molecule has 2 aliphatic heterocycles. The lowest BCUT2D eigenvalue weighted by atomic mass is 10.0. The number of nitrogens with zero attached hydrogens (tertiary/aromatic N) is 1. The van der Waals surface area contributed by atoms with Crippen LogP contribution in [0.3, 0.4) is 0 Å². The van der Waals surface area contributed by atoms with Crippen molar-refractivity contribution in [2.45, 2.75) is 27.4 Å². The van der Waals surface area contributed by atoms with Crippen LogP contribution in [0, 0.1) is 13.8 Å². The van der Waals surface area contributed by atoms with Gasteiger partial charge in [-0.25, -0.2) is 9.69 Å². The Labute approximate surface area is 233 Å². The van der Waals surface area contributed by atoms with Crippen LogP contribution in [-0.2, 0) is 16.2 Å². The second kappa shape index (κ2) is 10.8. The molecule has 0 aromatic heterocycles. The number of hydrogen-bond acceptors (Lipinski definition) is 7. The second-order valence-electron chi connectivity index (χ2n) is 8.97. The van der Waals surface area contributed by atoms with E-state index in [1.807, 2.05) is 45.0 Å². The van der Waals surface area contributed by atoms with E-state index < -0.39 is 17.8 Å². The van der Waals surface area contributed by atoms with Gasteiger partial charge in [0.1, 0.15) is 12.2 Å². The standard InChI is InChI=1S/C29H25BrN2O7/c1-4-36-25-13-19(11-22(30)26(25)37-14-18-6-8-23-24(12-18)39-15-38-23)10-21-27(33)31-29(35)32(28(21)34)20-7-5-16(2)17(3)9-20/h5-13H,4,14-15H2,1-3H3,(H,31,33,35)/b21-10+. The third-order valence-corrected chi connectivity index (χ3v) is 6.90. The molecule has 39 heavy (non-hydrogen) atoms. The summed E-state index contributed by atoms with van der Waals surface area (Å²) in [6.45, 7) is 6.45. The number of nitrogens with one attached hydrogen (secondary N) is 1. The van der Waals surface area contributed by atoms with Gasteiger partial charge in [-0.1, -0.05) is 12.1 Å². The number of carbonyl (C=O) groups is 3. The van der Waals surface area contributed by atoms with E-state index in [4.69, 9.17) is 18.9 Å². The van der Waals surface area contributed by atoms with E-state index in [-0.39, 0.29) is 19.0 Å². The van der Waals surface area contributed by atoms with Crippen LogP contribution < -0.4 is 29.2 Å². The van der Waals surface area contributed by atoms with E-state index in [0.29, 0.717) is 45.3 Å². The van der Waals surface area contributed by atoms with Crippen LogP contribution in [0.25, 0.3) is 6.08 Å². The summed E-state index contributed by atoms with van der Waals surface area (Å²) in [6, 6.07) is 13.4. The minimum Gasteiger partial charge on any atom is -0.490 e. The van der Waals surface area contributed by atoms with Crippen molar-refractivity contribution in [3.8, 4) is 23.0 Å². The minimum atomic E-state index is -0.797. The zero-order valence-electron chi connectivity index (χ0n) is 21.5. The number of carbonyl (C=O) groups excluding carboxylic acids is 3. The van der Waals surface area contributed by atoms with Crippen molar-refractivity contribution in [1.29, 1.82) is 0 Å². The summed E-state index contributed by atoms with van der Waals surface area (Å²) in [5, 5.41) is 2.26. The van der Waals surface area contributed by atoms with Crippen LogP contribution in [0.2, 0.25) is 0 Å². The van der Waals surface area contributed by atoms with Crippen molar-refractivity contribution in [3.05, 3.63) is 80.8 Å². The van der Waals surface area contributed by atoms with Gasteiger partial charge in [0.25, 0.3) is 11.8 Å². The molecule has 0 radical (unpaired) electrons. The van der Waals surface area contributed by atoms with Crippen LogP contribution in [0.15, 0.2) is 58.6 Å². The van der Waals surface area contributed by atoms with E-state index >= 15 is 0 Å². The highest BCUT2D eigenvalue weighted by molar-refractivity contribution is 9.10. The molecular formula is C29H25BrN2O7. The molecular weight excluding hydrogens is 568 g/mol. The Balaban J connectivity index is 1.43. The molecule has 0 unspecified atom stereocenters. The molecule has 0 bridgehead atoms. The second-order valence-corrected chi connectivity index (χ2v) is 9.82. The summed E-state index contributed by atoms with van der Waals surface area (Å²) in [5.74, 6) is 0.733. The van der Waals surface area contributed by atoms with Gasteiger partial charge >= 0.3 is 6.03 Å². The third-order valence-electron chi connectivity index (χ3n) is 6.31. The van der Waals surface area contributed by atoms with Crippen LogP contribution in [0.5, 0.6) is 23.0 Å². The highest BCUT2D eigenvalue weighted by Crippen LogP contribution is 2.39. The highest BCUT2D eigenvalue weighted by atomic mass is 79.9. The van der Waals surface area contributed by atoms with Gasteiger partial charge in [0.05, 0.1) is 16.8 Å². The first-order valence-electron chi connectivity index (χ1n) is 12.2. The van der Waals surface area contributed by atoms with Crippen molar-refractivity contribution in [2.24, 2.45) is 0 Å². The van der Waals surface area contributed by atoms with E-state index in [0.717, 1.165) is 21.6 Å². The van der Waals surface area contributed by atoms with Gasteiger partial charge in [0.15, 0.2) is 23.0 Å². The fraction of sp³-hybridized carbons (Fsp3) is 0.207. The number of rotatable bonds is 7. The molecule has 4 amide bonds. The van der Waals surface area contributed by atoms with Gasteiger partial charge in [-0.05, 0) is 101 Å². The van der Waals surface area contributed by atoms with Crippen LogP contribution in [0.4, 0.5) is 10.5 Å². The lowest BCUT2D eigenvalue weighted by Gasteiger charge is -2.27. The molecule has 0 spiro atoms. The first-order valence-corrected chi connectivity index (χ1v) is 13.0. The Bertz CT molecular complexity index is 1530. The van der Waals surface area contributed by atoms with Crippen molar-refractivity contribution >= 4 is 45.5 Å². The molecule has 0 atom stereocenters. The third kappa shape index (κ3) is 5.33. The van der Waals surface area contributed by atoms with E-state index in [9.17, 15) is 14.4 Å². The topological polar surface area (TPSA) is 103 Å². The fourth-order valence-electron chi connectivity index (χ4n) is 4.18. The molecule has 0 saturated carbocycles. The maximum atomic E-state index is 13.3. The molecule has 2 heterocycles. The maximum absolute atomic E-state index is 13.3. The van der Waals surface area contributed by atoms with Gasteiger partial charge in [0, 0.05) is 0 Å².